The standard InChI is InChI=1S/C18H17N5O2/c1-12-5-6-17-14(8-12)9-15(18-19-20-21-23(17)18)10-22(13(2)24)11-16-4-3-7-25-16/h3-9H,10-11H2,1-2H3. The van der Waals surface area contributed by atoms with Crippen LogP contribution in [0.15, 0.2) is 47.1 Å². The molecular formula is C18H17N5O2. The van der Waals surface area contributed by atoms with E-state index < -0.39 is 0 Å². The summed E-state index contributed by atoms with van der Waals surface area (Å²) in [6.45, 7) is 4.40. The van der Waals surface area contributed by atoms with Gasteiger partial charge in [0, 0.05) is 24.4 Å². The van der Waals surface area contributed by atoms with Gasteiger partial charge in [0.15, 0.2) is 5.65 Å². The smallest absolute Gasteiger partial charge is 0.220 e. The molecule has 0 spiro atoms. The first-order valence-corrected chi connectivity index (χ1v) is 8.00. The van der Waals surface area contributed by atoms with E-state index >= 15 is 0 Å². The van der Waals surface area contributed by atoms with Crippen molar-refractivity contribution in [2.24, 2.45) is 0 Å². The molecule has 0 bridgehead atoms. The average molecular weight is 335 g/mol. The van der Waals surface area contributed by atoms with E-state index in [-0.39, 0.29) is 5.91 Å². The summed E-state index contributed by atoms with van der Waals surface area (Å²) in [5.41, 5.74) is 3.64. The van der Waals surface area contributed by atoms with Gasteiger partial charge in [-0.25, -0.2) is 0 Å². The number of hydrogen-bond donors (Lipinski definition) is 0. The first-order chi connectivity index (χ1) is 12.1. The summed E-state index contributed by atoms with van der Waals surface area (Å²) in [5, 5.41) is 13.1. The third-order valence-electron chi connectivity index (χ3n) is 4.23. The van der Waals surface area contributed by atoms with Crippen molar-refractivity contribution < 1.29 is 9.21 Å². The molecule has 4 aromatic rings. The summed E-state index contributed by atoms with van der Waals surface area (Å²) >= 11 is 0. The van der Waals surface area contributed by atoms with Crippen LogP contribution in [0, 0.1) is 6.92 Å². The number of pyridine rings is 1. The third kappa shape index (κ3) is 2.84. The summed E-state index contributed by atoms with van der Waals surface area (Å²) in [6.07, 6.45) is 1.60. The molecule has 0 fully saturated rings. The van der Waals surface area contributed by atoms with E-state index in [0.29, 0.717) is 18.7 Å². The van der Waals surface area contributed by atoms with Crippen LogP contribution in [-0.2, 0) is 17.9 Å². The Balaban J connectivity index is 1.78. The topological polar surface area (TPSA) is 76.5 Å². The molecule has 0 aliphatic heterocycles. The maximum Gasteiger partial charge on any atom is 0.220 e. The lowest BCUT2D eigenvalue weighted by Crippen LogP contribution is -2.27. The van der Waals surface area contributed by atoms with Crippen LogP contribution in [-0.4, -0.2) is 30.8 Å². The summed E-state index contributed by atoms with van der Waals surface area (Å²) in [6, 6.07) is 11.8. The largest absolute Gasteiger partial charge is 0.467 e. The van der Waals surface area contributed by atoms with E-state index in [1.807, 2.05) is 37.3 Å². The Kier molecular flexibility index (Phi) is 3.68. The van der Waals surface area contributed by atoms with Crippen molar-refractivity contribution in [2.75, 3.05) is 0 Å². The van der Waals surface area contributed by atoms with E-state index in [1.165, 1.54) is 0 Å². The Labute approximate surface area is 143 Å². The van der Waals surface area contributed by atoms with Crippen molar-refractivity contribution in [1.29, 1.82) is 0 Å². The molecule has 0 radical (unpaired) electrons. The molecular weight excluding hydrogens is 318 g/mol. The fourth-order valence-corrected chi connectivity index (χ4v) is 2.98. The molecule has 25 heavy (non-hydrogen) atoms. The Bertz CT molecular complexity index is 1050. The quantitative estimate of drug-likeness (QED) is 0.573. The fraction of sp³-hybridized carbons (Fsp3) is 0.222. The summed E-state index contributed by atoms with van der Waals surface area (Å²) in [4.78, 5) is 13.8. The second kappa shape index (κ2) is 6.01. The highest BCUT2D eigenvalue weighted by Gasteiger charge is 2.16. The Morgan fingerprint density at radius 1 is 1.24 bits per heavy atom. The van der Waals surface area contributed by atoms with Gasteiger partial charge in [0.25, 0.3) is 0 Å². The molecule has 1 amide bonds. The highest BCUT2D eigenvalue weighted by atomic mass is 16.3. The Hall–Kier alpha value is -3.22. The van der Waals surface area contributed by atoms with Gasteiger partial charge in [-0.2, -0.15) is 4.52 Å². The number of tetrazole rings is 1. The summed E-state index contributed by atoms with van der Waals surface area (Å²) in [7, 11) is 0. The van der Waals surface area contributed by atoms with E-state index in [1.54, 1.807) is 22.6 Å². The lowest BCUT2D eigenvalue weighted by Gasteiger charge is -2.20. The molecule has 4 rings (SSSR count). The van der Waals surface area contributed by atoms with E-state index in [2.05, 4.69) is 21.6 Å². The monoisotopic (exact) mass is 335 g/mol. The molecule has 0 unspecified atom stereocenters. The van der Waals surface area contributed by atoms with E-state index in [0.717, 1.165) is 27.8 Å². The van der Waals surface area contributed by atoms with Gasteiger partial charge < -0.3 is 9.32 Å². The molecule has 7 nitrogen and oxygen atoms in total. The molecule has 3 aromatic heterocycles. The Morgan fingerprint density at radius 3 is 2.88 bits per heavy atom. The van der Waals surface area contributed by atoms with Gasteiger partial charge in [0.2, 0.25) is 5.91 Å². The molecule has 0 atom stereocenters. The number of aromatic nitrogens is 4. The zero-order valence-electron chi connectivity index (χ0n) is 14.0. The van der Waals surface area contributed by atoms with Crippen molar-refractivity contribution in [3.05, 3.63) is 59.5 Å². The number of carbonyl (C=O) groups is 1. The van der Waals surface area contributed by atoms with Crippen LogP contribution in [0.25, 0.3) is 16.6 Å². The Morgan fingerprint density at radius 2 is 2.12 bits per heavy atom. The van der Waals surface area contributed by atoms with Crippen LogP contribution in [0.5, 0.6) is 0 Å². The minimum atomic E-state index is -0.0358. The second-order valence-corrected chi connectivity index (χ2v) is 6.10. The predicted molar refractivity (Wildman–Crippen MR) is 91.7 cm³/mol. The minimum Gasteiger partial charge on any atom is -0.467 e. The number of furan rings is 1. The molecule has 126 valence electrons. The van der Waals surface area contributed by atoms with Crippen molar-refractivity contribution in [2.45, 2.75) is 26.9 Å². The maximum atomic E-state index is 12.1. The molecule has 0 aliphatic rings. The van der Waals surface area contributed by atoms with Crippen LogP contribution in [0.4, 0.5) is 0 Å². The molecule has 0 saturated carbocycles. The number of nitrogens with zero attached hydrogens (tertiary/aromatic N) is 5. The molecule has 0 aliphatic carbocycles. The normalized spacial score (nSPS) is 11.3. The van der Waals surface area contributed by atoms with Crippen molar-refractivity contribution in [3.63, 3.8) is 0 Å². The van der Waals surface area contributed by atoms with Crippen LogP contribution >= 0.6 is 0 Å². The van der Waals surface area contributed by atoms with Crippen LogP contribution in [0.2, 0.25) is 0 Å². The van der Waals surface area contributed by atoms with Crippen LogP contribution in [0.1, 0.15) is 23.8 Å². The first-order valence-electron chi connectivity index (χ1n) is 8.00. The molecule has 0 N–H and O–H groups in total. The molecule has 0 saturated heterocycles. The number of amides is 1. The SMILES string of the molecule is CC(=O)N(Cc1ccco1)Cc1cc2cc(C)ccc2n2nnnc12. The fourth-order valence-electron chi connectivity index (χ4n) is 2.98. The van der Waals surface area contributed by atoms with Gasteiger partial charge in [0.05, 0.1) is 18.3 Å². The van der Waals surface area contributed by atoms with Gasteiger partial charge in [-0.05, 0) is 47.7 Å². The number of fused-ring (bicyclic) bond motifs is 3. The van der Waals surface area contributed by atoms with Gasteiger partial charge in [-0.3, -0.25) is 4.79 Å². The van der Waals surface area contributed by atoms with E-state index in [9.17, 15) is 4.79 Å². The number of hydrogen-bond acceptors (Lipinski definition) is 5. The minimum absolute atomic E-state index is 0.0358. The predicted octanol–water partition coefficient (Wildman–Crippen LogP) is 2.73. The van der Waals surface area contributed by atoms with Gasteiger partial charge >= 0.3 is 0 Å². The highest BCUT2D eigenvalue weighted by Crippen LogP contribution is 2.22. The summed E-state index contributed by atoms with van der Waals surface area (Å²) in [5.74, 6) is 0.703. The van der Waals surface area contributed by atoms with Crippen LogP contribution < -0.4 is 0 Å². The lowest BCUT2D eigenvalue weighted by molar-refractivity contribution is -0.130. The van der Waals surface area contributed by atoms with Crippen LogP contribution in [0.3, 0.4) is 0 Å². The second-order valence-electron chi connectivity index (χ2n) is 6.10. The van der Waals surface area contributed by atoms with Gasteiger partial charge in [0.1, 0.15) is 5.76 Å². The maximum absolute atomic E-state index is 12.1. The zero-order valence-corrected chi connectivity index (χ0v) is 14.0. The van der Waals surface area contributed by atoms with Crippen molar-refractivity contribution in [1.82, 2.24) is 24.9 Å². The molecule has 1 aromatic carbocycles. The number of aryl methyl sites for hydroxylation is 1. The zero-order chi connectivity index (χ0) is 17.4. The molecule has 7 heteroatoms. The highest BCUT2D eigenvalue weighted by molar-refractivity contribution is 5.84. The number of rotatable bonds is 4. The number of carbonyl (C=O) groups excluding carboxylic acids is 1. The third-order valence-corrected chi connectivity index (χ3v) is 4.23. The molecule has 3 heterocycles. The van der Waals surface area contributed by atoms with E-state index in [4.69, 9.17) is 4.42 Å². The van der Waals surface area contributed by atoms with Gasteiger partial charge in [-0.1, -0.05) is 11.6 Å². The summed E-state index contributed by atoms with van der Waals surface area (Å²) < 4.78 is 7.09. The lowest BCUT2D eigenvalue weighted by atomic mass is 10.1. The first kappa shape index (κ1) is 15.3. The van der Waals surface area contributed by atoms with Crippen molar-refractivity contribution >= 4 is 22.5 Å². The van der Waals surface area contributed by atoms with Crippen molar-refractivity contribution in [3.8, 4) is 0 Å². The van der Waals surface area contributed by atoms with Gasteiger partial charge in [-0.15, -0.1) is 5.10 Å². The average Bonchev–Trinajstić information content (AvgIpc) is 3.25. The number of benzene rings is 1.